The summed E-state index contributed by atoms with van der Waals surface area (Å²) >= 11 is 0. The van der Waals surface area contributed by atoms with E-state index in [0.717, 1.165) is 17.8 Å². The maximum atomic E-state index is 15.3. The van der Waals surface area contributed by atoms with Crippen LogP contribution in [-0.4, -0.2) is 60.3 Å². The van der Waals surface area contributed by atoms with E-state index >= 15 is 4.39 Å². The molecule has 1 aliphatic heterocycles. The molecule has 6 N–H and O–H groups in total. The lowest BCUT2D eigenvalue weighted by atomic mass is 9.89. The van der Waals surface area contributed by atoms with E-state index < -0.39 is 42.3 Å². The van der Waals surface area contributed by atoms with Crippen LogP contribution in [0, 0.1) is 5.53 Å². The topological polar surface area (TPSA) is 190 Å². The summed E-state index contributed by atoms with van der Waals surface area (Å²) in [6.07, 6.45) is -2.15. The lowest BCUT2D eigenvalue weighted by Crippen LogP contribution is -2.51. The van der Waals surface area contributed by atoms with E-state index in [4.69, 9.17) is 16.0 Å². The van der Waals surface area contributed by atoms with Crippen LogP contribution in [0.2, 0.25) is 0 Å². The number of aliphatic hydroxyl groups excluding tert-OH is 2. The molecule has 1 aliphatic rings. The van der Waals surface area contributed by atoms with Gasteiger partial charge in [-0.25, -0.2) is 9.37 Å². The molecule has 0 aliphatic carbocycles. The number of H-pyrrole nitrogens is 1. The summed E-state index contributed by atoms with van der Waals surface area (Å²) in [6.45, 7) is -0.140. The minimum atomic E-state index is -2.40. The summed E-state index contributed by atoms with van der Waals surface area (Å²) in [5.41, 5.74) is 7.26. The zero-order valence-corrected chi connectivity index (χ0v) is 13.0. The third-order valence-corrected chi connectivity index (χ3v) is 4.24. The van der Waals surface area contributed by atoms with Crippen LogP contribution in [0.4, 0.5) is 10.3 Å². The molecule has 3 rings (SSSR count). The molecule has 3 heterocycles. The van der Waals surface area contributed by atoms with Crippen LogP contribution < -0.4 is 16.2 Å². The number of nitrogens with one attached hydrogen (secondary N) is 2. The molecule has 0 unspecified atom stereocenters. The molecule has 25 heavy (non-hydrogen) atoms. The van der Waals surface area contributed by atoms with Crippen LogP contribution in [0.1, 0.15) is 13.2 Å². The fourth-order valence-corrected chi connectivity index (χ4v) is 2.95. The molecular formula is C12H16FN8O4+. The van der Waals surface area contributed by atoms with Gasteiger partial charge in [0.15, 0.2) is 29.6 Å². The number of imidazole rings is 1. The summed E-state index contributed by atoms with van der Waals surface area (Å²) in [5.74, 6) is -0.199. The second kappa shape index (κ2) is 5.67. The second-order valence-corrected chi connectivity index (χ2v) is 5.92. The van der Waals surface area contributed by atoms with Crippen LogP contribution in [-0.2, 0) is 4.74 Å². The van der Waals surface area contributed by atoms with Crippen molar-refractivity contribution in [3.63, 3.8) is 0 Å². The molecule has 0 spiro atoms. The summed E-state index contributed by atoms with van der Waals surface area (Å²) in [4.78, 5) is 24.7. The molecule has 1 saturated heterocycles. The van der Waals surface area contributed by atoms with E-state index in [1.807, 2.05) is 0 Å². The standard InChI is InChI=1S/C12H15FN8O4/c1-11(13)8(24)12(3-22,2-17-20-15)25-9(11)21-4-16-5-6(21)18-10(14)19-7(5)23/h4,8-9,15,22,24H,2-3H2,1H3,(H2-,14,18,19,23)/p+1/t8-,9+,11+,12+/m0/s1. The van der Waals surface area contributed by atoms with Gasteiger partial charge >= 0.3 is 0 Å². The number of alkyl halides is 1. The number of nitrogens with zero attached hydrogens (tertiary/aromatic N) is 5. The number of ether oxygens (including phenoxy) is 1. The molecule has 0 bridgehead atoms. The third-order valence-electron chi connectivity index (χ3n) is 4.24. The zero-order valence-electron chi connectivity index (χ0n) is 13.0. The first-order chi connectivity index (χ1) is 11.8. The number of aromatic nitrogens is 4. The van der Waals surface area contributed by atoms with E-state index in [1.54, 1.807) is 0 Å². The second-order valence-electron chi connectivity index (χ2n) is 5.92. The molecule has 1 fully saturated rings. The Bertz CT molecular complexity index is 919. The van der Waals surface area contributed by atoms with Gasteiger partial charge in [0, 0.05) is 0 Å². The van der Waals surface area contributed by atoms with E-state index in [9.17, 15) is 15.0 Å². The van der Waals surface area contributed by atoms with Gasteiger partial charge in [0.1, 0.15) is 22.4 Å². The van der Waals surface area contributed by atoms with Crippen molar-refractivity contribution in [3.05, 3.63) is 16.7 Å². The molecule has 12 nitrogen and oxygen atoms in total. The molecule has 4 atom stereocenters. The average Bonchev–Trinajstić information content (AvgIpc) is 3.05. The molecular weight excluding hydrogens is 339 g/mol. The Kier molecular flexibility index (Phi) is 3.88. The van der Waals surface area contributed by atoms with Crippen molar-refractivity contribution in [2.45, 2.75) is 30.5 Å². The van der Waals surface area contributed by atoms with E-state index in [-0.39, 0.29) is 17.1 Å². The summed E-state index contributed by atoms with van der Waals surface area (Å²) in [7, 11) is 0. The van der Waals surface area contributed by atoms with Crippen LogP contribution in [0.15, 0.2) is 16.2 Å². The quantitative estimate of drug-likeness (QED) is 0.329. The number of aliphatic hydroxyl groups is 2. The van der Waals surface area contributed by atoms with E-state index in [0.29, 0.717) is 0 Å². The van der Waals surface area contributed by atoms with Gasteiger partial charge in [-0.15, -0.1) is 0 Å². The predicted molar refractivity (Wildman–Crippen MR) is 80.2 cm³/mol. The first-order valence-electron chi connectivity index (χ1n) is 7.18. The molecule has 2 aromatic heterocycles. The highest BCUT2D eigenvalue weighted by molar-refractivity contribution is 5.70. The van der Waals surface area contributed by atoms with Crippen molar-refractivity contribution in [1.29, 1.82) is 5.53 Å². The van der Waals surface area contributed by atoms with Crippen LogP contribution in [0.25, 0.3) is 11.2 Å². The lowest BCUT2D eigenvalue weighted by molar-refractivity contribution is -0.122. The van der Waals surface area contributed by atoms with Crippen molar-refractivity contribution in [2.24, 2.45) is 5.11 Å². The number of fused-ring (bicyclic) bond motifs is 1. The number of aromatic amines is 1. The summed E-state index contributed by atoms with van der Waals surface area (Å²) in [5, 5.41) is 23.4. The monoisotopic (exact) mass is 355 g/mol. The average molecular weight is 355 g/mol. The molecule has 0 amide bonds. The first-order valence-corrected chi connectivity index (χ1v) is 7.18. The maximum Gasteiger partial charge on any atom is 0.280 e. The smallest absolute Gasteiger partial charge is 0.280 e. The number of nitrogens with two attached hydrogens (primary N) is 1. The van der Waals surface area contributed by atoms with Gasteiger partial charge in [-0.2, -0.15) is 4.98 Å². The van der Waals surface area contributed by atoms with Crippen molar-refractivity contribution in [2.75, 3.05) is 18.9 Å². The van der Waals surface area contributed by atoms with E-state index in [1.165, 1.54) is 0 Å². The van der Waals surface area contributed by atoms with Gasteiger partial charge in [0.25, 0.3) is 5.56 Å². The summed E-state index contributed by atoms with van der Waals surface area (Å²) < 4.78 is 22.0. The van der Waals surface area contributed by atoms with Crippen LogP contribution in [0.5, 0.6) is 0 Å². The Morgan fingerprint density at radius 3 is 3.04 bits per heavy atom. The fraction of sp³-hybridized carbons (Fsp3) is 0.583. The Hall–Kier alpha value is -2.73. The Morgan fingerprint density at radius 1 is 1.68 bits per heavy atom. The Morgan fingerprint density at radius 2 is 2.40 bits per heavy atom. The largest absolute Gasteiger partial charge is 0.393 e. The SMILES string of the molecule is C[C@@]1(F)[C@H](O)[C@](CO)(CN=[N+]=N)O[C@H]1n1cnc2c(=O)[nH]c(N)nc21. The number of anilines is 1. The lowest BCUT2D eigenvalue weighted by Gasteiger charge is -2.27. The number of rotatable bonds is 4. The van der Waals surface area contributed by atoms with Crippen LogP contribution in [0.3, 0.4) is 0 Å². The Balaban J connectivity index is 2.14. The number of halogens is 1. The number of nitrogen functional groups attached to an aromatic ring is 1. The first kappa shape index (κ1) is 17.1. The van der Waals surface area contributed by atoms with Gasteiger partial charge in [0.05, 0.1) is 12.9 Å². The molecule has 0 radical (unpaired) electrons. The third kappa shape index (κ3) is 2.41. The molecule has 134 valence electrons. The molecule has 0 aromatic carbocycles. The molecule has 0 saturated carbocycles. The highest BCUT2D eigenvalue weighted by atomic mass is 19.1. The number of hydrogen-bond donors (Lipinski definition) is 5. The minimum absolute atomic E-state index is 0.0433. The van der Waals surface area contributed by atoms with Gasteiger partial charge in [-0.05, 0) is 6.92 Å². The fourth-order valence-electron chi connectivity index (χ4n) is 2.95. The summed E-state index contributed by atoms with van der Waals surface area (Å²) in [6, 6.07) is 0. The zero-order chi connectivity index (χ0) is 18.4. The van der Waals surface area contributed by atoms with Gasteiger partial charge in [-0.1, -0.05) is 0 Å². The van der Waals surface area contributed by atoms with Crippen molar-refractivity contribution in [1.82, 2.24) is 24.4 Å². The van der Waals surface area contributed by atoms with Crippen molar-refractivity contribution < 1.29 is 19.3 Å². The van der Waals surface area contributed by atoms with Gasteiger partial charge < -0.3 is 20.7 Å². The predicted octanol–water partition coefficient (Wildman–Crippen LogP) is -1.40. The highest BCUT2D eigenvalue weighted by Crippen LogP contribution is 2.47. The number of hydrogen-bond acceptors (Lipinski definition) is 9. The minimum Gasteiger partial charge on any atom is -0.393 e. The molecule has 13 heteroatoms. The van der Waals surface area contributed by atoms with Gasteiger partial charge in [0.2, 0.25) is 10.9 Å². The Labute approximate surface area is 138 Å². The van der Waals surface area contributed by atoms with Crippen LogP contribution >= 0.6 is 0 Å². The van der Waals surface area contributed by atoms with Crippen molar-refractivity contribution in [3.8, 4) is 0 Å². The highest BCUT2D eigenvalue weighted by Gasteiger charge is 2.64. The van der Waals surface area contributed by atoms with Crippen molar-refractivity contribution >= 4 is 17.1 Å². The van der Waals surface area contributed by atoms with Gasteiger partial charge in [-0.3, -0.25) is 14.3 Å². The maximum absolute atomic E-state index is 15.3. The molecule has 2 aromatic rings. The normalized spacial score (nSPS) is 32.0. The van der Waals surface area contributed by atoms with E-state index in [2.05, 4.69) is 25.0 Å².